The van der Waals surface area contributed by atoms with Gasteiger partial charge in [-0.15, -0.1) is 0 Å². The normalized spacial score (nSPS) is 16.6. The van der Waals surface area contributed by atoms with Crippen LogP contribution in [0.25, 0.3) is 0 Å². The van der Waals surface area contributed by atoms with Crippen molar-refractivity contribution in [3.8, 4) is 0 Å². The molecule has 0 radical (unpaired) electrons. The van der Waals surface area contributed by atoms with Gasteiger partial charge in [0.2, 0.25) is 5.91 Å². The van der Waals surface area contributed by atoms with E-state index in [0.717, 1.165) is 24.3 Å². The molecule has 0 spiro atoms. The number of benzene rings is 1. The number of rotatable bonds is 5. The summed E-state index contributed by atoms with van der Waals surface area (Å²) in [4.78, 5) is 14.1. The van der Waals surface area contributed by atoms with Crippen molar-refractivity contribution in [3.63, 3.8) is 0 Å². The summed E-state index contributed by atoms with van der Waals surface area (Å²) in [6, 6.07) is 8.16. The Labute approximate surface area is 115 Å². The predicted molar refractivity (Wildman–Crippen MR) is 78.1 cm³/mol. The maximum absolute atomic E-state index is 12.1. The summed E-state index contributed by atoms with van der Waals surface area (Å²) in [7, 11) is 4.03. The minimum absolute atomic E-state index is 0.0905. The third-order valence-electron chi connectivity index (χ3n) is 3.86. The van der Waals surface area contributed by atoms with E-state index in [1.165, 1.54) is 0 Å². The smallest absolute Gasteiger partial charge is 0.223 e. The van der Waals surface area contributed by atoms with Crippen LogP contribution in [0.15, 0.2) is 24.3 Å². The molecule has 0 aliphatic carbocycles. The van der Waals surface area contributed by atoms with Crippen molar-refractivity contribution < 1.29 is 4.79 Å². The van der Waals surface area contributed by atoms with Crippen molar-refractivity contribution in [1.29, 1.82) is 0 Å². The first-order valence-corrected chi connectivity index (χ1v) is 6.83. The molecule has 4 heteroatoms. The second-order valence-corrected chi connectivity index (χ2v) is 5.45. The van der Waals surface area contributed by atoms with Crippen molar-refractivity contribution in [3.05, 3.63) is 29.8 Å². The van der Waals surface area contributed by atoms with Crippen molar-refractivity contribution >= 4 is 11.6 Å². The highest BCUT2D eigenvalue weighted by Crippen LogP contribution is 2.19. The van der Waals surface area contributed by atoms with Crippen LogP contribution >= 0.6 is 0 Å². The van der Waals surface area contributed by atoms with Crippen molar-refractivity contribution in [1.82, 2.24) is 10.6 Å². The first kappa shape index (κ1) is 13.9. The maximum Gasteiger partial charge on any atom is 0.223 e. The highest BCUT2D eigenvalue weighted by Gasteiger charge is 2.28. The van der Waals surface area contributed by atoms with Crippen LogP contribution in [0.5, 0.6) is 0 Å². The Kier molecular flexibility index (Phi) is 4.43. The fourth-order valence-electron chi connectivity index (χ4n) is 2.32. The molecule has 1 aliphatic heterocycles. The van der Waals surface area contributed by atoms with Crippen LogP contribution in [0.4, 0.5) is 5.69 Å². The van der Waals surface area contributed by atoms with Gasteiger partial charge in [0.15, 0.2) is 0 Å². The van der Waals surface area contributed by atoms with E-state index in [4.69, 9.17) is 0 Å². The van der Waals surface area contributed by atoms with Gasteiger partial charge in [0.05, 0.1) is 0 Å². The second kappa shape index (κ2) is 6.06. The predicted octanol–water partition coefficient (Wildman–Crippen LogP) is 1.22. The Hall–Kier alpha value is -1.55. The molecule has 1 aromatic rings. The van der Waals surface area contributed by atoms with Gasteiger partial charge in [-0.3, -0.25) is 4.79 Å². The highest BCUT2D eigenvalue weighted by molar-refractivity contribution is 5.79. The van der Waals surface area contributed by atoms with Crippen LogP contribution in [0, 0.1) is 11.8 Å². The van der Waals surface area contributed by atoms with Gasteiger partial charge in [-0.2, -0.15) is 0 Å². The average molecular weight is 261 g/mol. The van der Waals surface area contributed by atoms with Gasteiger partial charge in [0.25, 0.3) is 0 Å². The molecule has 0 saturated carbocycles. The molecule has 2 N–H and O–H groups in total. The van der Waals surface area contributed by atoms with E-state index in [1.54, 1.807) is 0 Å². The SMILES string of the molecule is CC(C(=O)NCc1ccccc1N(C)C)C1CNC1. The lowest BCUT2D eigenvalue weighted by molar-refractivity contribution is -0.126. The van der Waals surface area contributed by atoms with Gasteiger partial charge < -0.3 is 15.5 Å². The molecule has 0 aromatic heterocycles. The zero-order chi connectivity index (χ0) is 13.8. The highest BCUT2D eigenvalue weighted by atomic mass is 16.1. The molecule has 104 valence electrons. The van der Waals surface area contributed by atoms with Gasteiger partial charge in [-0.05, 0) is 30.6 Å². The van der Waals surface area contributed by atoms with Gasteiger partial charge in [-0.1, -0.05) is 25.1 Å². The molecule has 1 aromatic carbocycles. The zero-order valence-electron chi connectivity index (χ0n) is 11.9. The van der Waals surface area contributed by atoms with E-state index in [9.17, 15) is 4.79 Å². The summed E-state index contributed by atoms with van der Waals surface area (Å²) < 4.78 is 0. The van der Waals surface area contributed by atoms with Crippen molar-refractivity contribution in [2.24, 2.45) is 11.8 Å². The summed E-state index contributed by atoms with van der Waals surface area (Å²) >= 11 is 0. The van der Waals surface area contributed by atoms with Gasteiger partial charge in [0, 0.05) is 32.2 Å². The Morgan fingerprint density at radius 2 is 2.11 bits per heavy atom. The van der Waals surface area contributed by atoms with E-state index in [1.807, 2.05) is 33.2 Å². The van der Waals surface area contributed by atoms with Crippen LogP contribution in [-0.2, 0) is 11.3 Å². The molecule has 1 fully saturated rings. The molecule has 1 atom stereocenters. The number of anilines is 1. The van der Waals surface area contributed by atoms with E-state index < -0.39 is 0 Å². The maximum atomic E-state index is 12.1. The van der Waals surface area contributed by atoms with Gasteiger partial charge in [0.1, 0.15) is 0 Å². The molecule has 19 heavy (non-hydrogen) atoms. The summed E-state index contributed by atoms with van der Waals surface area (Å²) in [6.45, 7) is 4.53. The van der Waals surface area contributed by atoms with Crippen LogP contribution in [0.2, 0.25) is 0 Å². The molecule has 0 bridgehead atoms. The number of hydrogen-bond acceptors (Lipinski definition) is 3. The molecule has 1 unspecified atom stereocenters. The summed E-state index contributed by atoms with van der Waals surface area (Å²) in [5.74, 6) is 0.733. The third-order valence-corrected chi connectivity index (χ3v) is 3.86. The Morgan fingerprint density at radius 1 is 1.42 bits per heavy atom. The Balaban J connectivity index is 1.93. The number of carbonyl (C=O) groups is 1. The third kappa shape index (κ3) is 3.26. The quantitative estimate of drug-likeness (QED) is 0.838. The molecular weight excluding hydrogens is 238 g/mol. The lowest BCUT2D eigenvalue weighted by Gasteiger charge is -2.31. The monoisotopic (exact) mass is 261 g/mol. The molecule has 1 saturated heterocycles. The summed E-state index contributed by atoms with van der Waals surface area (Å²) in [5.41, 5.74) is 2.31. The van der Waals surface area contributed by atoms with Crippen LogP contribution in [0.1, 0.15) is 12.5 Å². The summed E-state index contributed by atoms with van der Waals surface area (Å²) in [6.07, 6.45) is 0. The number of para-hydroxylation sites is 1. The van der Waals surface area contributed by atoms with Crippen LogP contribution in [-0.4, -0.2) is 33.1 Å². The molecule has 1 heterocycles. The van der Waals surface area contributed by atoms with E-state index in [-0.39, 0.29) is 11.8 Å². The molecule has 1 aliphatic rings. The van der Waals surface area contributed by atoms with Crippen LogP contribution < -0.4 is 15.5 Å². The second-order valence-electron chi connectivity index (χ2n) is 5.45. The molecule has 1 amide bonds. The zero-order valence-corrected chi connectivity index (χ0v) is 11.9. The first-order valence-electron chi connectivity index (χ1n) is 6.83. The van der Waals surface area contributed by atoms with Gasteiger partial charge in [-0.25, -0.2) is 0 Å². The number of hydrogen-bond donors (Lipinski definition) is 2. The van der Waals surface area contributed by atoms with E-state index >= 15 is 0 Å². The van der Waals surface area contributed by atoms with Crippen LogP contribution in [0.3, 0.4) is 0 Å². The fraction of sp³-hybridized carbons (Fsp3) is 0.533. The lowest BCUT2D eigenvalue weighted by Crippen LogP contribution is -2.49. The number of carbonyl (C=O) groups excluding carboxylic acids is 1. The number of amides is 1. The lowest BCUT2D eigenvalue weighted by atomic mass is 9.88. The fourth-order valence-corrected chi connectivity index (χ4v) is 2.32. The number of nitrogens with one attached hydrogen (secondary N) is 2. The molecular formula is C15H23N3O. The minimum Gasteiger partial charge on any atom is -0.377 e. The largest absolute Gasteiger partial charge is 0.377 e. The Bertz CT molecular complexity index is 441. The van der Waals surface area contributed by atoms with Crippen molar-refractivity contribution in [2.45, 2.75) is 13.5 Å². The van der Waals surface area contributed by atoms with Gasteiger partial charge >= 0.3 is 0 Å². The molecule has 4 nitrogen and oxygen atoms in total. The minimum atomic E-state index is 0.0905. The Morgan fingerprint density at radius 3 is 2.68 bits per heavy atom. The topological polar surface area (TPSA) is 44.4 Å². The number of nitrogens with zero attached hydrogens (tertiary/aromatic N) is 1. The molecule has 2 rings (SSSR count). The first-order chi connectivity index (χ1) is 9.09. The standard InChI is InChI=1S/C15H23N3O/c1-11(13-8-16-9-13)15(19)17-10-12-6-4-5-7-14(12)18(2)3/h4-7,11,13,16H,8-10H2,1-3H3,(H,17,19). The average Bonchev–Trinajstić information content (AvgIpc) is 2.34. The van der Waals surface area contributed by atoms with E-state index in [0.29, 0.717) is 12.5 Å². The summed E-state index contributed by atoms with van der Waals surface area (Å²) in [5, 5.41) is 6.26. The van der Waals surface area contributed by atoms with Crippen molar-refractivity contribution in [2.75, 3.05) is 32.1 Å². The van der Waals surface area contributed by atoms with E-state index in [2.05, 4.69) is 27.7 Å².